The van der Waals surface area contributed by atoms with Crippen LogP contribution in [0.5, 0.6) is 0 Å². The molecule has 5 rings (SSSR count). The number of carbonyl (C=O) groups is 2. The van der Waals surface area contributed by atoms with Gasteiger partial charge in [0.25, 0.3) is 0 Å². The fourth-order valence-corrected chi connectivity index (χ4v) is 5.00. The van der Waals surface area contributed by atoms with Crippen LogP contribution >= 0.6 is 0 Å². The number of ether oxygens (including phenoxy) is 2. The topological polar surface area (TPSA) is 99.8 Å². The summed E-state index contributed by atoms with van der Waals surface area (Å²) in [5.41, 5.74) is 7.37. The molecule has 1 fully saturated rings. The molecule has 2 N–H and O–H groups in total. The Balaban J connectivity index is 1.59. The number of benzene rings is 2. The van der Waals surface area contributed by atoms with Crippen LogP contribution in [0.1, 0.15) is 15.9 Å². The molecule has 1 aliphatic rings. The standard InChI is InChI=1S/C32H35N5O4/c1-5-28(38)34-27-19-23(7-6-21(27)2)29-26-18-24(32(39)41-17-16-40-4)20-33-31(26)35-30(29)22-8-10-25(11-9-22)37-14-12-36(3)13-15-37/h5-11,18-20H,1,12-17H2,2-4H3,(H,33,35)(H,34,38). The quantitative estimate of drug-likeness (QED) is 0.173. The number of carbonyl (C=O) groups excluding carboxylic acids is 2. The molecule has 0 spiro atoms. The second-order valence-electron chi connectivity index (χ2n) is 10.2. The van der Waals surface area contributed by atoms with E-state index in [0.717, 1.165) is 59.5 Å². The number of aryl methyl sites for hydroxylation is 1. The maximum atomic E-state index is 12.8. The number of piperazine rings is 1. The van der Waals surface area contributed by atoms with E-state index in [1.54, 1.807) is 13.2 Å². The molecule has 1 saturated heterocycles. The van der Waals surface area contributed by atoms with Gasteiger partial charge in [0.2, 0.25) is 5.91 Å². The van der Waals surface area contributed by atoms with Gasteiger partial charge in [-0.15, -0.1) is 0 Å². The fourth-order valence-electron chi connectivity index (χ4n) is 5.00. The van der Waals surface area contributed by atoms with E-state index in [2.05, 4.69) is 63.0 Å². The van der Waals surface area contributed by atoms with Gasteiger partial charge >= 0.3 is 5.97 Å². The molecule has 0 radical (unpaired) electrons. The maximum Gasteiger partial charge on any atom is 0.339 e. The summed E-state index contributed by atoms with van der Waals surface area (Å²) >= 11 is 0. The summed E-state index contributed by atoms with van der Waals surface area (Å²) in [4.78, 5) is 37.7. The molecule has 1 amide bonds. The molecule has 41 heavy (non-hydrogen) atoms. The minimum Gasteiger partial charge on any atom is -0.460 e. The van der Waals surface area contributed by atoms with Gasteiger partial charge in [0.05, 0.1) is 17.9 Å². The van der Waals surface area contributed by atoms with E-state index in [9.17, 15) is 9.59 Å². The number of anilines is 2. The molecular formula is C32H35N5O4. The molecule has 2 aromatic carbocycles. The van der Waals surface area contributed by atoms with Crippen LogP contribution in [0.2, 0.25) is 0 Å². The lowest BCUT2D eigenvalue weighted by molar-refractivity contribution is -0.111. The number of hydrogen-bond donors (Lipinski definition) is 2. The van der Waals surface area contributed by atoms with Crippen molar-refractivity contribution < 1.29 is 19.1 Å². The predicted molar refractivity (Wildman–Crippen MR) is 162 cm³/mol. The van der Waals surface area contributed by atoms with Crippen molar-refractivity contribution in [1.82, 2.24) is 14.9 Å². The van der Waals surface area contributed by atoms with Crippen molar-refractivity contribution in [2.75, 3.05) is 63.8 Å². The van der Waals surface area contributed by atoms with Crippen LogP contribution < -0.4 is 10.2 Å². The summed E-state index contributed by atoms with van der Waals surface area (Å²) in [5.74, 6) is -0.754. The first-order valence-corrected chi connectivity index (χ1v) is 13.6. The van der Waals surface area contributed by atoms with Crippen LogP contribution in [0.25, 0.3) is 33.4 Å². The summed E-state index contributed by atoms with van der Waals surface area (Å²) in [6.07, 6.45) is 2.76. The van der Waals surface area contributed by atoms with E-state index in [0.29, 0.717) is 23.5 Å². The Morgan fingerprint density at radius 1 is 1.05 bits per heavy atom. The van der Waals surface area contributed by atoms with Gasteiger partial charge in [0, 0.05) is 61.8 Å². The predicted octanol–water partition coefficient (Wildman–Crippen LogP) is 4.88. The lowest BCUT2D eigenvalue weighted by Gasteiger charge is -2.34. The largest absolute Gasteiger partial charge is 0.460 e. The number of esters is 1. The highest BCUT2D eigenvalue weighted by molar-refractivity contribution is 6.06. The molecule has 1 aliphatic heterocycles. The highest BCUT2D eigenvalue weighted by atomic mass is 16.6. The summed E-state index contributed by atoms with van der Waals surface area (Å²) in [6.45, 7) is 10.0. The van der Waals surface area contributed by atoms with Gasteiger partial charge in [-0.3, -0.25) is 4.79 Å². The Hall–Kier alpha value is -4.47. The van der Waals surface area contributed by atoms with Crippen molar-refractivity contribution in [1.29, 1.82) is 0 Å². The van der Waals surface area contributed by atoms with Gasteiger partial charge in [-0.25, -0.2) is 9.78 Å². The Morgan fingerprint density at radius 3 is 2.49 bits per heavy atom. The van der Waals surface area contributed by atoms with E-state index in [1.807, 2.05) is 25.1 Å². The second-order valence-corrected chi connectivity index (χ2v) is 10.2. The van der Waals surface area contributed by atoms with Gasteiger partial charge in [-0.1, -0.05) is 30.8 Å². The average Bonchev–Trinajstić information content (AvgIpc) is 3.37. The zero-order valence-corrected chi connectivity index (χ0v) is 23.7. The van der Waals surface area contributed by atoms with Crippen LogP contribution in [-0.2, 0) is 14.3 Å². The van der Waals surface area contributed by atoms with Crippen molar-refractivity contribution in [2.45, 2.75) is 6.92 Å². The minimum absolute atomic E-state index is 0.155. The molecule has 0 saturated carbocycles. The fraction of sp³-hybridized carbons (Fsp3) is 0.281. The van der Waals surface area contributed by atoms with Crippen LogP contribution in [0.15, 0.2) is 67.4 Å². The number of amides is 1. The minimum atomic E-state index is -0.468. The molecule has 4 aromatic rings. The van der Waals surface area contributed by atoms with Gasteiger partial charge in [0.1, 0.15) is 12.3 Å². The number of hydrogen-bond acceptors (Lipinski definition) is 7. The first kappa shape index (κ1) is 28.1. The molecule has 0 unspecified atom stereocenters. The smallest absolute Gasteiger partial charge is 0.339 e. The van der Waals surface area contributed by atoms with Crippen LogP contribution in [-0.4, -0.2) is 80.3 Å². The SMILES string of the molecule is C=CC(=O)Nc1cc(-c2c(-c3ccc(N4CCN(C)CC4)cc3)[nH]c3ncc(C(=O)OCCOC)cc23)ccc1C. The molecular weight excluding hydrogens is 518 g/mol. The van der Waals surface area contributed by atoms with Crippen molar-refractivity contribution in [3.05, 3.63) is 78.5 Å². The monoisotopic (exact) mass is 553 g/mol. The van der Waals surface area contributed by atoms with Crippen molar-refractivity contribution in [2.24, 2.45) is 0 Å². The number of nitrogens with one attached hydrogen (secondary N) is 2. The number of aromatic nitrogens is 2. The van der Waals surface area contributed by atoms with E-state index in [4.69, 9.17) is 9.47 Å². The molecule has 0 aliphatic carbocycles. The normalized spacial score (nSPS) is 13.8. The molecule has 212 valence electrons. The molecule has 0 bridgehead atoms. The molecule has 2 aromatic heterocycles. The number of rotatable bonds is 9. The zero-order valence-electron chi connectivity index (χ0n) is 23.7. The van der Waals surface area contributed by atoms with Crippen molar-refractivity contribution >= 4 is 34.3 Å². The number of methoxy groups -OCH3 is 1. The van der Waals surface area contributed by atoms with Crippen LogP contribution in [0, 0.1) is 6.92 Å². The van der Waals surface area contributed by atoms with Crippen molar-refractivity contribution in [3.63, 3.8) is 0 Å². The number of fused-ring (bicyclic) bond motifs is 1. The lowest BCUT2D eigenvalue weighted by Crippen LogP contribution is -2.44. The van der Waals surface area contributed by atoms with Crippen LogP contribution in [0.4, 0.5) is 11.4 Å². The summed E-state index contributed by atoms with van der Waals surface area (Å²) < 4.78 is 10.3. The zero-order chi connectivity index (χ0) is 28.9. The second kappa shape index (κ2) is 12.4. The molecule has 9 heteroatoms. The molecule has 3 heterocycles. The summed E-state index contributed by atoms with van der Waals surface area (Å²) in [5, 5.41) is 3.67. The number of aromatic amines is 1. The molecule has 0 atom stereocenters. The number of likely N-dealkylation sites (N-methyl/N-ethyl adjacent to an activating group) is 1. The van der Waals surface area contributed by atoms with Crippen molar-refractivity contribution in [3.8, 4) is 22.4 Å². The summed E-state index contributed by atoms with van der Waals surface area (Å²) in [7, 11) is 3.70. The third-order valence-corrected chi connectivity index (χ3v) is 7.40. The number of pyridine rings is 1. The van der Waals surface area contributed by atoms with Gasteiger partial charge < -0.3 is 29.6 Å². The first-order valence-electron chi connectivity index (χ1n) is 13.6. The number of H-pyrrole nitrogens is 1. The van der Waals surface area contributed by atoms with E-state index in [-0.39, 0.29) is 12.5 Å². The third kappa shape index (κ3) is 6.16. The highest BCUT2D eigenvalue weighted by Crippen LogP contribution is 2.40. The highest BCUT2D eigenvalue weighted by Gasteiger charge is 2.20. The third-order valence-electron chi connectivity index (χ3n) is 7.40. The Bertz CT molecular complexity index is 1570. The lowest BCUT2D eigenvalue weighted by atomic mass is 9.96. The van der Waals surface area contributed by atoms with E-state index >= 15 is 0 Å². The van der Waals surface area contributed by atoms with Crippen LogP contribution in [0.3, 0.4) is 0 Å². The Labute approximate surface area is 239 Å². The Morgan fingerprint density at radius 2 is 1.78 bits per heavy atom. The van der Waals surface area contributed by atoms with Gasteiger partial charge in [-0.05, 0) is 61.0 Å². The van der Waals surface area contributed by atoms with Gasteiger partial charge in [0.15, 0.2) is 0 Å². The summed E-state index contributed by atoms with van der Waals surface area (Å²) in [6, 6.07) is 16.2. The maximum absolute atomic E-state index is 12.8. The molecule has 9 nitrogen and oxygen atoms in total. The number of nitrogens with zero attached hydrogens (tertiary/aromatic N) is 3. The van der Waals surface area contributed by atoms with E-state index in [1.165, 1.54) is 18.0 Å². The average molecular weight is 554 g/mol. The van der Waals surface area contributed by atoms with E-state index < -0.39 is 5.97 Å². The Kier molecular flexibility index (Phi) is 8.47. The van der Waals surface area contributed by atoms with Gasteiger partial charge in [-0.2, -0.15) is 0 Å². The first-order chi connectivity index (χ1) is 19.9.